The minimum absolute atomic E-state index is 0. The third-order valence-electron chi connectivity index (χ3n) is 3.40. The van der Waals surface area contributed by atoms with Crippen LogP contribution in [0.15, 0.2) is 23.1 Å². The molecule has 4 heteroatoms. The molecule has 4 nitrogen and oxygen atoms in total. The molecule has 0 radical (unpaired) electrons. The Labute approximate surface area is 109 Å². The fourth-order valence-electron chi connectivity index (χ4n) is 2.11. The molecule has 1 aliphatic heterocycles. The summed E-state index contributed by atoms with van der Waals surface area (Å²) in [5.41, 5.74) is 6.07. The van der Waals surface area contributed by atoms with E-state index in [9.17, 15) is 4.79 Å². The Morgan fingerprint density at radius 1 is 1.33 bits per heavy atom. The molecule has 1 saturated carbocycles. The van der Waals surface area contributed by atoms with Crippen LogP contribution in [-0.4, -0.2) is 18.1 Å². The molecule has 2 fully saturated rings. The van der Waals surface area contributed by atoms with Crippen LogP contribution in [0.1, 0.15) is 33.3 Å². The smallest absolute Gasteiger partial charge is 0.248 e. The number of aromatic amines is 1. The van der Waals surface area contributed by atoms with Crippen LogP contribution in [0.5, 0.6) is 0 Å². The van der Waals surface area contributed by atoms with Crippen LogP contribution < -0.4 is 16.6 Å². The van der Waals surface area contributed by atoms with Gasteiger partial charge in [0.25, 0.3) is 0 Å². The van der Waals surface area contributed by atoms with Gasteiger partial charge in [0.2, 0.25) is 5.56 Å². The Bertz CT molecular complexity index is 425. The van der Waals surface area contributed by atoms with Crippen LogP contribution in [0.25, 0.3) is 0 Å². The molecule has 4 N–H and O–H groups in total. The minimum atomic E-state index is -0.436. The second-order valence-corrected chi connectivity index (χ2v) is 5.58. The molecule has 0 bridgehead atoms. The van der Waals surface area contributed by atoms with Crippen molar-refractivity contribution in [3.63, 3.8) is 0 Å². The van der Waals surface area contributed by atoms with Crippen molar-refractivity contribution in [1.82, 2.24) is 10.3 Å². The van der Waals surface area contributed by atoms with Gasteiger partial charge in [-0.3, -0.25) is 4.79 Å². The van der Waals surface area contributed by atoms with Gasteiger partial charge in [-0.1, -0.05) is 7.43 Å². The molecule has 2 atom stereocenters. The van der Waals surface area contributed by atoms with Crippen molar-refractivity contribution in [2.45, 2.75) is 33.2 Å². The van der Waals surface area contributed by atoms with Crippen molar-refractivity contribution < 1.29 is 0 Å². The maximum Gasteiger partial charge on any atom is 0.248 e. The average Bonchev–Trinajstić information content (AvgIpc) is 2.86. The van der Waals surface area contributed by atoms with Gasteiger partial charge in [0.15, 0.2) is 0 Å². The lowest BCUT2D eigenvalue weighted by molar-refractivity contribution is 0.553. The van der Waals surface area contributed by atoms with Gasteiger partial charge >= 0.3 is 0 Å². The maximum atomic E-state index is 10.8. The Kier molecular flexibility index (Phi) is 4.71. The summed E-state index contributed by atoms with van der Waals surface area (Å²) in [7, 11) is 0. The van der Waals surface area contributed by atoms with E-state index in [4.69, 9.17) is 5.73 Å². The lowest BCUT2D eigenvalue weighted by atomic mass is 9.97. The van der Waals surface area contributed by atoms with Crippen molar-refractivity contribution in [3.8, 4) is 0 Å². The quantitative estimate of drug-likeness (QED) is 0.707. The summed E-state index contributed by atoms with van der Waals surface area (Å²) in [6, 6.07) is 3.32. The molecule has 0 amide bonds. The number of hydrogen-bond acceptors (Lipinski definition) is 3. The number of nitrogens with two attached hydrogens (primary N) is 1. The zero-order chi connectivity index (χ0) is 12.5. The number of nitrogens with one attached hydrogen (secondary N) is 2. The molecule has 0 aromatic carbocycles. The highest BCUT2D eigenvalue weighted by molar-refractivity contribution is 5.18. The monoisotopic (exact) mass is 251 g/mol. The lowest BCUT2D eigenvalue weighted by Crippen LogP contribution is -2.29. The van der Waals surface area contributed by atoms with Crippen LogP contribution in [0, 0.1) is 11.8 Å². The SMILES string of the molecule is C.C1NCC2CC12.CC(C)(N)c1cc[nH]c(=O)c1. The zero-order valence-electron chi connectivity index (χ0n) is 10.5. The number of aromatic nitrogens is 1. The number of piperidine rings is 1. The van der Waals surface area contributed by atoms with Gasteiger partial charge in [-0.25, -0.2) is 0 Å². The normalized spacial score (nSPS) is 24.4. The topological polar surface area (TPSA) is 70.9 Å². The van der Waals surface area contributed by atoms with Crippen molar-refractivity contribution in [3.05, 3.63) is 34.2 Å². The number of fused-ring (bicyclic) bond motifs is 1. The summed E-state index contributed by atoms with van der Waals surface area (Å²) in [4.78, 5) is 13.4. The van der Waals surface area contributed by atoms with Crippen LogP contribution in [0.4, 0.5) is 0 Å². The molecular formula is C14H25N3O. The lowest BCUT2D eigenvalue weighted by Gasteiger charge is -2.17. The number of H-pyrrole nitrogens is 1. The van der Waals surface area contributed by atoms with Gasteiger partial charge in [0, 0.05) is 17.8 Å². The summed E-state index contributed by atoms with van der Waals surface area (Å²) in [6.07, 6.45) is 3.12. The molecule has 0 spiro atoms. The van der Waals surface area contributed by atoms with E-state index < -0.39 is 5.54 Å². The summed E-state index contributed by atoms with van der Waals surface area (Å²) in [5, 5.41) is 3.32. The second-order valence-electron chi connectivity index (χ2n) is 5.58. The van der Waals surface area contributed by atoms with Crippen LogP contribution in [0.2, 0.25) is 0 Å². The number of pyridine rings is 1. The fourth-order valence-corrected chi connectivity index (χ4v) is 2.11. The van der Waals surface area contributed by atoms with Gasteiger partial charge < -0.3 is 16.0 Å². The Balaban J connectivity index is 0.000000194. The minimum Gasteiger partial charge on any atom is -0.329 e. The summed E-state index contributed by atoms with van der Waals surface area (Å²) >= 11 is 0. The van der Waals surface area contributed by atoms with Crippen LogP contribution >= 0.6 is 0 Å². The van der Waals surface area contributed by atoms with Gasteiger partial charge in [0.05, 0.1) is 0 Å². The molecule has 3 rings (SSSR count). The standard InChI is InChI=1S/C8H12N2O.C5H9N.CH4/c1-8(2,9)6-3-4-10-7(11)5-6;1-4-2-6-3-5(1)4;/h3-5H,9H2,1-2H3,(H,10,11);4-6H,1-3H2;1H4. The first kappa shape index (κ1) is 14.9. The molecule has 1 aromatic heterocycles. The first-order valence-electron chi connectivity index (χ1n) is 6.15. The van der Waals surface area contributed by atoms with E-state index in [1.807, 2.05) is 13.8 Å². The van der Waals surface area contributed by atoms with Crippen LogP contribution in [-0.2, 0) is 5.54 Å². The van der Waals surface area contributed by atoms with E-state index in [1.54, 1.807) is 12.3 Å². The zero-order valence-corrected chi connectivity index (χ0v) is 10.5. The number of rotatable bonds is 1. The molecule has 2 aliphatic rings. The van der Waals surface area contributed by atoms with Gasteiger partial charge in [-0.2, -0.15) is 0 Å². The molecular weight excluding hydrogens is 226 g/mol. The fraction of sp³-hybridized carbons (Fsp3) is 0.643. The Morgan fingerprint density at radius 3 is 2.22 bits per heavy atom. The maximum absolute atomic E-state index is 10.8. The predicted molar refractivity (Wildman–Crippen MR) is 75.5 cm³/mol. The van der Waals surface area contributed by atoms with Gasteiger partial charge in [-0.15, -0.1) is 0 Å². The molecule has 2 heterocycles. The van der Waals surface area contributed by atoms with E-state index >= 15 is 0 Å². The Hall–Kier alpha value is -1.13. The molecule has 1 aliphatic carbocycles. The summed E-state index contributed by atoms with van der Waals surface area (Å²) in [5.74, 6) is 2.20. The van der Waals surface area contributed by atoms with Gasteiger partial charge in [-0.05, 0) is 56.8 Å². The average molecular weight is 251 g/mol. The van der Waals surface area contributed by atoms with E-state index in [-0.39, 0.29) is 13.0 Å². The molecule has 2 unspecified atom stereocenters. The largest absolute Gasteiger partial charge is 0.329 e. The third-order valence-corrected chi connectivity index (χ3v) is 3.40. The summed E-state index contributed by atoms with van der Waals surface area (Å²) < 4.78 is 0. The molecule has 102 valence electrons. The Morgan fingerprint density at radius 2 is 1.94 bits per heavy atom. The van der Waals surface area contributed by atoms with Gasteiger partial charge in [0.1, 0.15) is 0 Å². The number of hydrogen-bond donors (Lipinski definition) is 3. The van der Waals surface area contributed by atoms with Crippen molar-refractivity contribution in [2.24, 2.45) is 17.6 Å². The highest BCUT2D eigenvalue weighted by Gasteiger charge is 2.40. The second kappa shape index (κ2) is 5.67. The van der Waals surface area contributed by atoms with E-state index in [0.29, 0.717) is 0 Å². The van der Waals surface area contributed by atoms with Crippen molar-refractivity contribution in [2.75, 3.05) is 13.1 Å². The highest BCUT2D eigenvalue weighted by Crippen LogP contribution is 2.40. The summed E-state index contributed by atoms with van der Waals surface area (Å²) in [6.45, 7) is 6.35. The van der Waals surface area contributed by atoms with E-state index in [1.165, 1.54) is 25.6 Å². The third kappa shape index (κ3) is 3.96. The highest BCUT2D eigenvalue weighted by atomic mass is 16.1. The predicted octanol–water partition coefficient (Wildman–Crippen LogP) is 1.43. The molecule has 1 aromatic rings. The van der Waals surface area contributed by atoms with Crippen molar-refractivity contribution in [1.29, 1.82) is 0 Å². The molecule has 18 heavy (non-hydrogen) atoms. The molecule has 1 saturated heterocycles. The first-order valence-corrected chi connectivity index (χ1v) is 6.15. The van der Waals surface area contributed by atoms with Crippen LogP contribution in [0.3, 0.4) is 0 Å². The van der Waals surface area contributed by atoms with E-state index in [2.05, 4.69) is 10.3 Å². The first-order chi connectivity index (χ1) is 7.97. The van der Waals surface area contributed by atoms with Crippen molar-refractivity contribution >= 4 is 0 Å². The van der Waals surface area contributed by atoms with E-state index in [0.717, 1.165) is 17.4 Å².